The molecule has 0 aliphatic heterocycles. The van der Waals surface area contributed by atoms with E-state index in [0.717, 1.165) is 12.8 Å². The number of carbonyl (C=O) groups is 1. The summed E-state index contributed by atoms with van der Waals surface area (Å²) >= 11 is 0. The molecule has 2 rings (SSSR count). The zero-order valence-electron chi connectivity index (χ0n) is 10.1. The Balaban J connectivity index is 2.05. The first-order valence-electron chi connectivity index (χ1n) is 5.69. The molecule has 0 spiro atoms. The lowest BCUT2D eigenvalue weighted by Crippen LogP contribution is -2.27. The van der Waals surface area contributed by atoms with E-state index in [0.29, 0.717) is 18.2 Å². The first-order valence-corrected chi connectivity index (χ1v) is 5.69. The van der Waals surface area contributed by atoms with Gasteiger partial charge < -0.3 is 4.74 Å². The topological polar surface area (TPSA) is 29.5 Å². The lowest BCUT2D eigenvalue weighted by Gasteiger charge is -2.14. The fourth-order valence-corrected chi connectivity index (χ4v) is 1.80. The number of hydrogen-bond donors (Lipinski definition) is 0. The van der Waals surface area contributed by atoms with Crippen molar-refractivity contribution >= 4 is 5.78 Å². The summed E-state index contributed by atoms with van der Waals surface area (Å²) < 4.78 is 18.2. The van der Waals surface area contributed by atoms with Crippen molar-refractivity contribution in [1.82, 2.24) is 4.90 Å². The van der Waals surface area contributed by atoms with Crippen molar-refractivity contribution in [1.29, 1.82) is 0 Å². The quantitative estimate of drug-likeness (QED) is 0.735. The molecule has 4 heteroatoms. The summed E-state index contributed by atoms with van der Waals surface area (Å²) in [6, 6.07) is 4.86. The predicted octanol–water partition coefficient (Wildman–Crippen LogP) is 2.11. The van der Waals surface area contributed by atoms with Crippen molar-refractivity contribution in [3.63, 3.8) is 0 Å². The summed E-state index contributed by atoms with van der Waals surface area (Å²) in [5.74, 6) is -0.384. The van der Waals surface area contributed by atoms with E-state index in [1.165, 1.54) is 19.2 Å². The molecule has 0 radical (unpaired) electrons. The molecule has 92 valence electrons. The molecule has 1 fully saturated rings. The maximum absolute atomic E-state index is 13.4. The van der Waals surface area contributed by atoms with Gasteiger partial charge in [0.25, 0.3) is 0 Å². The van der Waals surface area contributed by atoms with Crippen LogP contribution in [0.1, 0.15) is 23.2 Å². The van der Waals surface area contributed by atoms with Gasteiger partial charge in [0.2, 0.25) is 0 Å². The van der Waals surface area contributed by atoms with Gasteiger partial charge >= 0.3 is 0 Å². The number of benzene rings is 1. The van der Waals surface area contributed by atoms with Crippen LogP contribution in [-0.4, -0.2) is 37.4 Å². The van der Waals surface area contributed by atoms with E-state index in [-0.39, 0.29) is 11.5 Å². The number of hydrogen-bond acceptors (Lipinski definition) is 3. The molecule has 0 bridgehead atoms. The van der Waals surface area contributed by atoms with Gasteiger partial charge in [0, 0.05) is 11.6 Å². The van der Waals surface area contributed by atoms with Gasteiger partial charge in [-0.1, -0.05) is 0 Å². The molecule has 17 heavy (non-hydrogen) atoms. The highest BCUT2D eigenvalue weighted by atomic mass is 19.1. The smallest absolute Gasteiger partial charge is 0.176 e. The third kappa shape index (κ3) is 2.82. The first kappa shape index (κ1) is 12.0. The summed E-state index contributed by atoms with van der Waals surface area (Å²) in [7, 11) is 3.33. The lowest BCUT2D eigenvalue weighted by atomic mass is 10.1. The van der Waals surface area contributed by atoms with Crippen molar-refractivity contribution in [3.8, 4) is 5.75 Å². The second kappa shape index (κ2) is 4.84. The Hall–Kier alpha value is -1.42. The third-order valence-corrected chi connectivity index (χ3v) is 3.04. The van der Waals surface area contributed by atoms with Crippen LogP contribution in [0.3, 0.4) is 0 Å². The highest BCUT2D eigenvalue weighted by Crippen LogP contribution is 2.25. The van der Waals surface area contributed by atoms with Crippen molar-refractivity contribution in [2.75, 3.05) is 20.7 Å². The van der Waals surface area contributed by atoms with Crippen LogP contribution in [0.15, 0.2) is 18.2 Å². The molecular formula is C13H16FNO2. The number of ether oxygens (including phenoxy) is 1. The number of nitrogens with zero attached hydrogens (tertiary/aromatic N) is 1. The van der Waals surface area contributed by atoms with E-state index >= 15 is 0 Å². The van der Waals surface area contributed by atoms with Crippen LogP contribution in [0.4, 0.5) is 4.39 Å². The van der Waals surface area contributed by atoms with E-state index in [1.807, 2.05) is 11.9 Å². The van der Waals surface area contributed by atoms with E-state index in [4.69, 9.17) is 4.74 Å². The highest BCUT2D eigenvalue weighted by molar-refractivity contribution is 5.97. The normalized spacial score (nSPS) is 15.1. The van der Waals surface area contributed by atoms with Crippen LogP contribution in [0.5, 0.6) is 5.75 Å². The minimum Gasteiger partial charge on any atom is -0.494 e. The second-order valence-corrected chi connectivity index (χ2v) is 4.42. The van der Waals surface area contributed by atoms with Crippen molar-refractivity contribution in [3.05, 3.63) is 29.6 Å². The Kier molecular flexibility index (Phi) is 3.43. The maximum atomic E-state index is 13.4. The SMILES string of the molecule is COc1ccc(C(=O)CN(C)C2CC2)cc1F. The number of rotatable bonds is 5. The summed E-state index contributed by atoms with van der Waals surface area (Å²) in [6.45, 7) is 0.344. The van der Waals surface area contributed by atoms with Crippen LogP contribution in [-0.2, 0) is 0 Å². The number of halogens is 1. The maximum Gasteiger partial charge on any atom is 0.176 e. The van der Waals surface area contributed by atoms with Gasteiger partial charge in [0.1, 0.15) is 0 Å². The fraction of sp³-hybridized carbons (Fsp3) is 0.462. The Labute approximate surface area is 100 Å². The Morgan fingerprint density at radius 2 is 2.24 bits per heavy atom. The summed E-state index contributed by atoms with van der Waals surface area (Å²) in [5.41, 5.74) is 0.399. The lowest BCUT2D eigenvalue weighted by molar-refractivity contribution is 0.0942. The Morgan fingerprint density at radius 1 is 1.53 bits per heavy atom. The number of likely N-dealkylation sites (N-methyl/N-ethyl adjacent to an activating group) is 1. The van der Waals surface area contributed by atoms with Gasteiger partial charge in [0.15, 0.2) is 17.3 Å². The summed E-state index contributed by atoms with van der Waals surface area (Å²) in [5, 5.41) is 0. The summed E-state index contributed by atoms with van der Waals surface area (Å²) in [6.07, 6.45) is 2.31. The molecule has 0 amide bonds. The zero-order chi connectivity index (χ0) is 12.4. The van der Waals surface area contributed by atoms with Gasteiger partial charge in [0.05, 0.1) is 13.7 Å². The molecule has 0 N–H and O–H groups in total. The molecule has 0 heterocycles. The van der Waals surface area contributed by atoms with Crippen LogP contribution in [0, 0.1) is 5.82 Å². The molecule has 3 nitrogen and oxygen atoms in total. The van der Waals surface area contributed by atoms with Gasteiger partial charge in [-0.25, -0.2) is 4.39 Å². The van der Waals surface area contributed by atoms with Crippen LogP contribution in [0.2, 0.25) is 0 Å². The third-order valence-electron chi connectivity index (χ3n) is 3.04. The average Bonchev–Trinajstić information content (AvgIpc) is 3.12. The fourth-order valence-electron chi connectivity index (χ4n) is 1.80. The van der Waals surface area contributed by atoms with E-state index < -0.39 is 5.82 Å². The second-order valence-electron chi connectivity index (χ2n) is 4.42. The number of Topliss-reactive ketones (excluding diaryl/α,β-unsaturated/α-hetero) is 1. The minimum atomic E-state index is -0.493. The van der Waals surface area contributed by atoms with E-state index in [9.17, 15) is 9.18 Å². The largest absolute Gasteiger partial charge is 0.494 e. The minimum absolute atomic E-state index is 0.0547. The summed E-state index contributed by atoms with van der Waals surface area (Å²) in [4.78, 5) is 13.9. The van der Waals surface area contributed by atoms with Crippen LogP contribution in [0.25, 0.3) is 0 Å². The number of ketones is 1. The van der Waals surface area contributed by atoms with Crippen molar-refractivity contribution in [2.24, 2.45) is 0 Å². The standard InChI is InChI=1S/C13H16FNO2/c1-15(10-4-5-10)8-12(16)9-3-6-13(17-2)11(14)7-9/h3,6-7,10H,4-5,8H2,1-2H3. The molecule has 0 atom stereocenters. The molecule has 0 unspecified atom stereocenters. The molecule has 1 aliphatic rings. The van der Waals surface area contributed by atoms with Gasteiger partial charge in [-0.3, -0.25) is 9.69 Å². The predicted molar refractivity (Wildman–Crippen MR) is 62.9 cm³/mol. The number of methoxy groups -OCH3 is 1. The molecule has 1 saturated carbocycles. The average molecular weight is 237 g/mol. The Bertz CT molecular complexity index is 429. The Morgan fingerprint density at radius 3 is 2.76 bits per heavy atom. The molecule has 1 aromatic carbocycles. The van der Waals surface area contributed by atoms with Crippen molar-refractivity contribution in [2.45, 2.75) is 18.9 Å². The number of carbonyl (C=O) groups excluding carboxylic acids is 1. The molecule has 1 aromatic rings. The first-order chi connectivity index (χ1) is 8.11. The van der Waals surface area contributed by atoms with Crippen molar-refractivity contribution < 1.29 is 13.9 Å². The highest BCUT2D eigenvalue weighted by Gasteiger charge is 2.27. The van der Waals surface area contributed by atoms with Gasteiger partial charge in [-0.05, 0) is 38.1 Å². The molecular weight excluding hydrogens is 221 g/mol. The molecule has 1 aliphatic carbocycles. The van der Waals surface area contributed by atoms with E-state index in [1.54, 1.807) is 6.07 Å². The monoisotopic (exact) mass is 237 g/mol. The van der Waals surface area contributed by atoms with Crippen LogP contribution < -0.4 is 4.74 Å². The molecule has 0 aromatic heterocycles. The zero-order valence-corrected chi connectivity index (χ0v) is 10.1. The van der Waals surface area contributed by atoms with Gasteiger partial charge in [-0.15, -0.1) is 0 Å². The van der Waals surface area contributed by atoms with E-state index in [2.05, 4.69) is 0 Å². The molecule has 0 saturated heterocycles. The van der Waals surface area contributed by atoms with Crippen LogP contribution >= 0.6 is 0 Å². The van der Waals surface area contributed by atoms with Gasteiger partial charge in [-0.2, -0.15) is 0 Å².